The first-order valence-corrected chi connectivity index (χ1v) is 11.6. The molecule has 4 amide bonds. The summed E-state index contributed by atoms with van der Waals surface area (Å²) in [5.74, 6) is -1.73. The molecule has 3 aromatic carbocycles. The molecule has 0 unspecified atom stereocenters. The van der Waals surface area contributed by atoms with Gasteiger partial charge in [0.25, 0.3) is 11.8 Å². The zero-order chi connectivity index (χ0) is 25.4. The van der Waals surface area contributed by atoms with Crippen molar-refractivity contribution in [1.29, 1.82) is 0 Å². The van der Waals surface area contributed by atoms with Crippen molar-refractivity contribution >= 4 is 78.3 Å². The van der Waals surface area contributed by atoms with E-state index in [1.165, 1.54) is 6.07 Å². The van der Waals surface area contributed by atoms with Crippen LogP contribution >= 0.6 is 22.9 Å². The summed E-state index contributed by atoms with van der Waals surface area (Å²) in [6, 6.07) is 15.5. The number of fused-ring (bicyclic) bond motifs is 2. The molecule has 5 aromatic rings. The van der Waals surface area contributed by atoms with Gasteiger partial charge < -0.3 is 20.8 Å². The van der Waals surface area contributed by atoms with E-state index in [1.54, 1.807) is 54.6 Å². The van der Waals surface area contributed by atoms with Crippen LogP contribution in [0.25, 0.3) is 21.2 Å². The molecule has 2 aromatic heterocycles. The summed E-state index contributed by atoms with van der Waals surface area (Å²) in [6.45, 7) is 0. The summed E-state index contributed by atoms with van der Waals surface area (Å²) in [5, 5.41) is 9.31. The normalized spacial score (nSPS) is 10.9. The van der Waals surface area contributed by atoms with Gasteiger partial charge in [-0.15, -0.1) is 11.3 Å². The number of nitrogens with one attached hydrogen (secondary N) is 4. The van der Waals surface area contributed by atoms with Gasteiger partial charge >= 0.3 is 11.8 Å². The number of thiophene rings is 1. The van der Waals surface area contributed by atoms with Crippen LogP contribution in [-0.4, -0.2) is 22.8 Å². The SMILES string of the molecule is NC(=O)c1c(NC(=O)Nc2ccc(Cl)cc2)sc2cc(C(=O)Nc3ccc4[nH]c(=O)oc4c3)ccc12. The fourth-order valence-corrected chi connectivity index (χ4v) is 4.86. The Morgan fingerprint density at radius 3 is 2.42 bits per heavy atom. The second kappa shape index (κ2) is 9.21. The standard InChI is InChI=1S/C24H16ClN5O5S/c25-12-2-4-13(5-3-12)28-23(33)30-22-19(20(26)31)15-7-1-11(9-18(15)36-22)21(32)27-14-6-8-16-17(10-14)35-24(34)29-16/h1-10H,(H2,26,31)(H,27,32)(H,29,34)(H2,28,30,33). The number of carbonyl (C=O) groups is 3. The molecule has 0 saturated heterocycles. The molecule has 0 aliphatic heterocycles. The number of amides is 4. The van der Waals surface area contributed by atoms with Crippen molar-refractivity contribution in [2.75, 3.05) is 16.0 Å². The maximum Gasteiger partial charge on any atom is 0.417 e. The largest absolute Gasteiger partial charge is 0.417 e. The maximum absolute atomic E-state index is 12.8. The molecule has 0 fully saturated rings. The van der Waals surface area contributed by atoms with Crippen molar-refractivity contribution in [2.24, 2.45) is 5.73 Å². The molecule has 0 atom stereocenters. The average molecular weight is 522 g/mol. The Hall–Kier alpha value is -4.61. The van der Waals surface area contributed by atoms with Gasteiger partial charge in [0.2, 0.25) is 0 Å². The summed E-state index contributed by atoms with van der Waals surface area (Å²) < 4.78 is 5.59. The molecular formula is C24H16ClN5O5S. The van der Waals surface area contributed by atoms with Crippen molar-refractivity contribution in [2.45, 2.75) is 0 Å². The number of aromatic amines is 1. The van der Waals surface area contributed by atoms with Gasteiger partial charge in [0, 0.05) is 38.1 Å². The lowest BCUT2D eigenvalue weighted by molar-refractivity contribution is 0.1000. The van der Waals surface area contributed by atoms with Gasteiger partial charge in [0.1, 0.15) is 5.00 Å². The maximum atomic E-state index is 12.8. The van der Waals surface area contributed by atoms with Crippen LogP contribution in [-0.2, 0) is 0 Å². The third-order valence-electron chi connectivity index (χ3n) is 5.21. The Morgan fingerprint density at radius 2 is 1.67 bits per heavy atom. The molecule has 0 saturated carbocycles. The highest BCUT2D eigenvalue weighted by Crippen LogP contribution is 2.36. The number of rotatable bonds is 5. The molecule has 0 spiro atoms. The van der Waals surface area contributed by atoms with E-state index >= 15 is 0 Å². The molecule has 2 heterocycles. The Morgan fingerprint density at radius 1 is 0.917 bits per heavy atom. The minimum Gasteiger partial charge on any atom is -0.408 e. The van der Waals surface area contributed by atoms with Gasteiger partial charge in [-0.05, 0) is 48.5 Å². The summed E-state index contributed by atoms with van der Waals surface area (Å²) in [4.78, 5) is 51.4. The number of anilines is 3. The lowest BCUT2D eigenvalue weighted by Crippen LogP contribution is -2.21. The number of aromatic nitrogens is 1. The summed E-state index contributed by atoms with van der Waals surface area (Å²) in [6.07, 6.45) is 0. The average Bonchev–Trinajstić information content (AvgIpc) is 3.38. The predicted molar refractivity (Wildman–Crippen MR) is 139 cm³/mol. The van der Waals surface area contributed by atoms with Gasteiger partial charge in [-0.2, -0.15) is 0 Å². The van der Waals surface area contributed by atoms with E-state index in [0.717, 1.165) is 11.3 Å². The van der Waals surface area contributed by atoms with Crippen LogP contribution in [0.2, 0.25) is 5.02 Å². The number of nitrogens with two attached hydrogens (primary N) is 1. The number of urea groups is 1. The second-order valence-electron chi connectivity index (χ2n) is 7.65. The number of benzene rings is 3. The third-order valence-corrected chi connectivity index (χ3v) is 6.53. The minimum atomic E-state index is -0.721. The molecular weight excluding hydrogens is 506 g/mol. The third kappa shape index (κ3) is 4.65. The van der Waals surface area contributed by atoms with Gasteiger partial charge in [0.05, 0.1) is 11.1 Å². The number of oxazole rings is 1. The van der Waals surface area contributed by atoms with Crippen molar-refractivity contribution in [1.82, 2.24) is 4.98 Å². The van der Waals surface area contributed by atoms with E-state index in [9.17, 15) is 19.2 Å². The van der Waals surface area contributed by atoms with Crippen molar-refractivity contribution in [3.8, 4) is 0 Å². The highest BCUT2D eigenvalue weighted by molar-refractivity contribution is 7.23. The molecule has 6 N–H and O–H groups in total. The molecule has 0 aliphatic carbocycles. The smallest absolute Gasteiger partial charge is 0.408 e. The fraction of sp³-hybridized carbons (Fsp3) is 0. The zero-order valence-corrected chi connectivity index (χ0v) is 19.8. The number of carbonyl (C=O) groups excluding carboxylic acids is 3. The number of hydrogen-bond acceptors (Lipinski definition) is 6. The monoisotopic (exact) mass is 521 g/mol. The van der Waals surface area contributed by atoms with Crippen LogP contribution in [0, 0.1) is 0 Å². The van der Waals surface area contributed by atoms with Crippen LogP contribution in [0.3, 0.4) is 0 Å². The highest BCUT2D eigenvalue weighted by Gasteiger charge is 2.20. The lowest BCUT2D eigenvalue weighted by Gasteiger charge is -2.07. The highest BCUT2D eigenvalue weighted by atomic mass is 35.5. The Kier molecular flexibility index (Phi) is 5.92. The summed E-state index contributed by atoms with van der Waals surface area (Å²) in [5.41, 5.74) is 7.80. The molecule has 10 nitrogen and oxygen atoms in total. The van der Waals surface area contributed by atoms with E-state index in [2.05, 4.69) is 20.9 Å². The molecule has 36 heavy (non-hydrogen) atoms. The molecule has 0 bridgehead atoms. The van der Waals surface area contributed by atoms with Gasteiger partial charge in [-0.25, -0.2) is 9.59 Å². The summed E-state index contributed by atoms with van der Waals surface area (Å²) in [7, 11) is 0. The first-order valence-electron chi connectivity index (χ1n) is 10.4. The Bertz CT molecular complexity index is 1720. The molecule has 0 radical (unpaired) electrons. The second-order valence-corrected chi connectivity index (χ2v) is 9.14. The number of H-pyrrole nitrogens is 1. The molecule has 0 aliphatic rings. The lowest BCUT2D eigenvalue weighted by atomic mass is 10.1. The number of primary amides is 1. The van der Waals surface area contributed by atoms with Crippen LogP contribution in [0.4, 0.5) is 21.2 Å². The van der Waals surface area contributed by atoms with Crippen LogP contribution < -0.4 is 27.4 Å². The van der Waals surface area contributed by atoms with E-state index in [-0.39, 0.29) is 10.6 Å². The van der Waals surface area contributed by atoms with Crippen molar-refractivity contribution in [3.63, 3.8) is 0 Å². The van der Waals surface area contributed by atoms with Crippen molar-refractivity contribution in [3.05, 3.63) is 87.4 Å². The molecule has 180 valence electrons. The van der Waals surface area contributed by atoms with Crippen LogP contribution in [0.5, 0.6) is 0 Å². The zero-order valence-electron chi connectivity index (χ0n) is 18.2. The Balaban J connectivity index is 1.39. The Labute approximate surface area is 211 Å². The molecule has 12 heteroatoms. The van der Waals surface area contributed by atoms with Gasteiger partial charge in [0.15, 0.2) is 5.58 Å². The fourth-order valence-electron chi connectivity index (χ4n) is 3.60. The first kappa shape index (κ1) is 23.1. The number of hydrogen-bond donors (Lipinski definition) is 5. The number of halogens is 1. The predicted octanol–water partition coefficient (Wildman–Crippen LogP) is 4.98. The van der Waals surface area contributed by atoms with Crippen molar-refractivity contribution < 1.29 is 18.8 Å². The van der Waals surface area contributed by atoms with E-state index < -0.39 is 23.6 Å². The van der Waals surface area contributed by atoms with Gasteiger partial charge in [-0.1, -0.05) is 17.7 Å². The first-order chi connectivity index (χ1) is 17.3. The quantitative estimate of drug-likeness (QED) is 0.220. The van der Waals surface area contributed by atoms with E-state index in [0.29, 0.717) is 43.1 Å². The van der Waals surface area contributed by atoms with Crippen LogP contribution in [0.1, 0.15) is 20.7 Å². The topological polar surface area (TPSA) is 159 Å². The summed E-state index contributed by atoms with van der Waals surface area (Å²) >= 11 is 6.97. The van der Waals surface area contributed by atoms with Gasteiger partial charge in [-0.3, -0.25) is 19.9 Å². The molecule has 5 rings (SSSR count). The van der Waals surface area contributed by atoms with E-state index in [4.69, 9.17) is 21.8 Å². The minimum absolute atomic E-state index is 0.140. The van der Waals surface area contributed by atoms with Crippen LogP contribution in [0.15, 0.2) is 69.9 Å². The van der Waals surface area contributed by atoms with E-state index in [1.807, 2.05) is 0 Å².